The Balaban J connectivity index is 1.65. The first-order valence-corrected chi connectivity index (χ1v) is 65.4. The molecule has 0 unspecified atom stereocenters. The SMILES string of the molecule is CCCCCCCCCCCCCCCC(=O)OC[C@H]1O[C@@H](O[C@H]2C[C@]3(C)[C@H](C[C@@H](OC(=O)CCCCCCCCCCCCCCC)[C@@H]4[C@@H]([C@H](C)CCCC(C)C)CC[C@]43C)[C@@]3(C)CC[C@H](OC(=O)CCCCCCCCCCCCCCC)C(C)(C)[C@H]23)[C@H](OC(=O)CCCCCCCCCCCCCCC)[C@@H](OC(=O)CCCCCCCCCCCCCCC)[C@@H]1OC(=O)CCCCCCCCCCCCCCC. The third kappa shape index (κ3) is 54.9. The van der Waals surface area contributed by atoms with Crippen molar-refractivity contribution in [2.45, 2.75) is 743 Å². The molecule has 856 valence electrons. The van der Waals surface area contributed by atoms with Crippen LogP contribution in [-0.2, 0) is 66.7 Å². The summed E-state index contributed by atoms with van der Waals surface area (Å²) in [5.74, 6) is -0.888. The molecule has 4 saturated carbocycles. The van der Waals surface area contributed by atoms with Crippen molar-refractivity contribution in [1.82, 2.24) is 0 Å². The van der Waals surface area contributed by atoms with Gasteiger partial charge in [0.2, 0.25) is 0 Å². The molecule has 0 aromatic carbocycles. The lowest BCUT2D eigenvalue weighted by atomic mass is 9.34. The highest BCUT2D eigenvalue weighted by Gasteiger charge is 2.74. The number of esters is 6. The Morgan fingerprint density at radius 3 is 0.884 bits per heavy atom. The quantitative estimate of drug-likeness (QED) is 0.0243. The molecule has 0 spiro atoms. The lowest BCUT2D eigenvalue weighted by Gasteiger charge is -2.72. The molecule has 146 heavy (non-hydrogen) atoms. The van der Waals surface area contributed by atoms with Gasteiger partial charge in [-0.15, -0.1) is 0 Å². The Bertz CT molecular complexity index is 3170. The molecule has 0 bridgehead atoms. The molecule has 0 amide bonds. The minimum Gasteiger partial charge on any atom is -0.463 e. The summed E-state index contributed by atoms with van der Waals surface area (Å²) in [5.41, 5.74) is -2.03. The average molecular weight is 2060 g/mol. The van der Waals surface area contributed by atoms with Gasteiger partial charge in [-0.1, -0.05) is 578 Å². The van der Waals surface area contributed by atoms with Gasteiger partial charge in [0.05, 0.1) is 6.10 Å². The topological polar surface area (TPSA) is 176 Å². The molecule has 1 saturated heterocycles. The highest BCUT2D eigenvalue weighted by molar-refractivity contribution is 5.72. The minimum absolute atomic E-state index is 0.0350. The third-order valence-corrected chi connectivity index (χ3v) is 37.0. The zero-order valence-corrected chi connectivity index (χ0v) is 99.3. The first-order valence-electron chi connectivity index (χ1n) is 65.4. The summed E-state index contributed by atoms with van der Waals surface area (Å²) < 4.78 is 57.9. The van der Waals surface area contributed by atoms with Gasteiger partial charge in [0.1, 0.15) is 24.9 Å². The van der Waals surface area contributed by atoms with E-state index in [4.69, 9.17) is 37.9 Å². The molecule has 14 heteroatoms. The van der Waals surface area contributed by atoms with Crippen LogP contribution in [0.5, 0.6) is 0 Å². The fourth-order valence-electron chi connectivity index (χ4n) is 27.8. The molecule has 14 nitrogen and oxygen atoms in total. The van der Waals surface area contributed by atoms with Crippen LogP contribution >= 0.6 is 0 Å². The van der Waals surface area contributed by atoms with E-state index in [2.05, 4.69) is 96.9 Å². The Hall–Kier alpha value is -3.26. The van der Waals surface area contributed by atoms with E-state index in [-0.39, 0.29) is 79.5 Å². The second-order valence-corrected chi connectivity index (χ2v) is 50.4. The molecular weight excluding hydrogens is 1810 g/mol. The summed E-state index contributed by atoms with van der Waals surface area (Å²) in [6.45, 7) is 32.8. The number of fused-ring (bicyclic) bond motifs is 5. The van der Waals surface area contributed by atoms with Crippen molar-refractivity contribution in [2.75, 3.05) is 6.61 Å². The molecule has 5 aliphatic rings. The largest absolute Gasteiger partial charge is 0.463 e. The van der Waals surface area contributed by atoms with Crippen LogP contribution in [0.25, 0.3) is 0 Å². The maximum atomic E-state index is 15.6. The Labute approximate surface area is 903 Å². The van der Waals surface area contributed by atoms with Crippen molar-refractivity contribution in [1.29, 1.82) is 0 Å². The van der Waals surface area contributed by atoms with Crippen molar-refractivity contribution in [3.63, 3.8) is 0 Å². The molecule has 0 aromatic rings. The smallest absolute Gasteiger partial charge is 0.306 e. The van der Waals surface area contributed by atoms with Crippen LogP contribution in [0, 0.1) is 57.2 Å². The van der Waals surface area contributed by atoms with Gasteiger partial charge in [-0.25, -0.2) is 0 Å². The van der Waals surface area contributed by atoms with E-state index in [9.17, 15) is 9.59 Å². The molecule has 0 radical (unpaired) electrons. The normalized spacial score (nSPS) is 23.9. The molecule has 1 aliphatic heterocycles. The lowest BCUT2D eigenvalue weighted by Crippen LogP contribution is -2.71. The maximum absolute atomic E-state index is 15.6. The number of rotatable bonds is 98. The van der Waals surface area contributed by atoms with Gasteiger partial charge in [-0.05, 0) is 123 Å². The van der Waals surface area contributed by atoms with Crippen LogP contribution in [0.4, 0.5) is 0 Å². The molecule has 5 fully saturated rings. The number of ether oxygens (including phenoxy) is 8. The summed E-state index contributed by atoms with van der Waals surface area (Å²) in [5, 5.41) is 0. The summed E-state index contributed by atoms with van der Waals surface area (Å²) in [4.78, 5) is 91.0. The van der Waals surface area contributed by atoms with Crippen LogP contribution in [0.3, 0.4) is 0 Å². The van der Waals surface area contributed by atoms with Crippen molar-refractivity contribution < 1.29 is 66.7 Å². The van der Waals surface area contributed by atoms with Gasteiger partial charge in [0, 0.05) is 49.9 Å². The monoisotopic (exact) mass is 2050 g/mol. The van der Waals surface area contributed by atoms with E-state index in [1.807, 2.05) is 0 Å². The molecule has 1 heterocycles. The van der Waals surface area contributed by atoms with E-state index in [0.29, 0.717) is 75.5 Å². The average Bonchev–Trinajstić information content (AvgIpc) is 1.26. The molecule has 0 aromatic heterocycles. The van der Waals surface area contributed by atoms with Crippen molar-refractivity contribution in [3.05, 3.63) is 0 Å². The van der Waals surface area contributed by atoms with Gasteiger partial charge in [-0.2, -0.15) is 0 Å². The summed E-state index contributed by atoms with van der Waals surface area (Å²) >= 11 is 0. The first kappa shape index (κ1) is 133. The van der Waals surface area contributed by atoms with Crippen LogP contribution in [-0.4, -0.2) is 91.4 Å². The van der Waals surface area contributed by atoms with Crippen LogP contribution in [0.15, 0.2) is 0 Å². The van der Waals surface area contributed by atoms with E-state index < -0.39 is 77.1 Å². The van der Waals surface area contributed by atoms with E-state index in [0.717, 1.165) is 148 Å². The first-order chi connectivity index (χ1) is 71.0. The lowest BCUT2D eigenvalue weighted by molar-refractivity contribution is -0.349. The predicted octanol–water partition coefficient (Wildman–Crippen LogP) is 40.5. The number of unbranched alkanes of at least 4 members (excludes halogenated alkanes) is 72. The van der Waals surface area contributed by atoms with Gasteiger partial charge in [0.15, 0.2) is 24.6 Å². The van der Waals surface area contributed by atoms with Crippen molar-refractivity contribution >= 4 is 35.8 Å². The predicted molar refractivity (Wildman–Crippen MR) is 613 cm³/mol. The highest BCUT2D eigenvalue weighted by Crippen LogP contribution is 2.77. The van der Waals surface area contributed by atoms with Crippen LogP contribution in [0.2, 0.25) is 0 Å². The third-order valence-electron chi connectivity index (χ3n) is 37.0. The second kappa shape index (κ2) is 84.1. The van der Waals surface area contributed by atoms with Gasteiger partial charge >= 0.3 is 35.8 Å². The van der Waals surface area contributed by atoms with Crippen molar-refractivity contribution in [2.24, 2.45) is 57.2 Å². The number of hydrogen-bond donors (Lipinski definition) is 0. The summed E-state index contributed by atoms with van der Waals surface area (Å²) in [6, 6.07) is 0. The van der Waals surface area contributed by atoms with Gasteiger partial charge in [-0.3, -0.25) is 28.8 Å². The fraction of sp³-hybridized carbons (Fsp3) is 0.955. The standard InChI is InChI=1S/C132H244O14/c1-15-21-27-33-39-45-51-57-63-69-75-81-87-96-117(133)139-108-114-124(144-120(136)99-90-84-78-72-66-60-54-48-42-36-30-24-18-4)125(145-121(137)100-91-85-79-73-67-61-55-49-43-37-31-25-19-5)126(146-122(138)101-92-86-80-74-68-62-56-50-44-38-32-26-20-6)128(142-114)141-113-107-132(14)115(130(12)104-103-116(129(10,11)127(113)130)143-119(135)98-89-83-77-71-65-59-53-47-41-35-29-23-17-3)106-112(123-111(102-105-131(123,132)13)110(9)95-93-94-109(7)8)140-118(134)97-88-82-76-70-64-58-52-46-40-34-28-22-16-2/h109-116,123-128H,15-108H2,1-14H3/t110-,111-,112-,113+,114-,115-,116+,123+,124-,125+,126-,127+,128-,130-,131-,132-/m1/s1. The Morgan fingerprint density at radius 1 is 0.288 bits per heavy atom. The zero-order chi connectivity index (χ0) is 106. The van der Waals surface area contributed by atoms with E-state index >= 15 is 19.2 Å². The molecule has 0 N–H and O–H groups in total. The van der Waals surface area contributed by atoms with Crippen LogP contribution in [0.1, 0.15) is 694 Å². The highest BCUT2D eigenvalue weighted by atomic mass is 16.7. The van der Waals surface area contributed by atoms with E-state index in [1.165, 1.54) is 366 Å². The summed E-state index contributed by atoms with van der Waals surface area (Å²) in [7, 11) is 0. The number of carbonyl (C=O) groups is 6. The van der Waals surface area contributed by atoms with Crippen molar-refractivity contribution in [3.8, 4) is 0 Å². The van der Waals surface area contributed by atoms with E-state index in [1.54, 1.807) is 0 Å². The molecular formula is C132H244O14. The molecule has 4 aliphatic carbocycles. The number of carbonyl (C=O) groups excluding carboxylic acids is 6. The Morgan fingerprint density at radius 2 is 0.568 bits per heavy atom. The number of hydrogen-bond acceptors (Lipinski definition) is 14. The molecule has 5 rings (SSSR count). The fourth-order valence-corrected chi connectivity index (χ4v) is 27.8. The van der Waals surface area contributed by atoms with Crippen LogP contribution < -0.4 is 0 Å². The summed E-state index contributed by atoms with van der Waals surface area (Å²) in [6.07, 6.45) is 93.8. The second-order valence-electron chi connectivity index (χ2n) is 50.4. The maximum Gasteiger partial charge on any atom is 0.306 e. The minimum atomic E-state index is -1.42. The van der Waals surface area contributed by atoms with Gasteiger partial charge in [0.25, 0.3) is 0 Å². The molecule has 16 atom stereocenters. The zero-order valence-electron chi connectivity index (χ0n) is 99.3. The Kier molecular flexibility index (Phi) is 76.7. The van der Waals surface area contributed by atoms with Gasteiger partial charge < -0.3 is 37.9 Å².